The van der Waals surface area contributed by atoms with Crippen molar-refractivity contribution in [2.24, 2.45) is 0 Å². The number of nitrogen functional groups attached to an aromatic ring is 1. The van der Waals surface area contributed by atoms with Gasteiger partial charge in [-0.2, -0.15) is 0 Å². The van der Waals surface area contributed by atoms with E-state index in [1.165, 1.54) is 19.2 Å². The maximum atomic E-state index is 11.9. The minimum Gasteiger partial charge on any atom is -0.467 e. The first kappa shape index (κ1) is 17.5. The number of rotatable bonds is 4. The Hall–Kier alpha value is -1.46. The number of anilines is 1. The zero-order chi connectivity index (χ0) is 13.7. The van der Waals surface area contributed by atoms with Crippen molar-refractivity contribution in [2.75, 3.05) is 12.8 Å². The van der Waals surface area contributed by atoms with Gasteiger partial charge >= 0.3 is 5.97 Å². The molecule has 0 spiro atoms. The Balaban J connectivity index is 0.00000324. The lowest BCUT2D eigenvalue weighted by molar-refractivity contribution is -0.142. The van der Waals surface area contributed by atoms with E-state index in [1.54, 1.807) is 13.0 Å². The smallest absolute Gasteiger partial charge is 0.328 e. The van der Waals surface area contributed by atoms with E-state index in [4.69, 9.17) is 17.3 Å². The first-order valence-electron chi connectivity index (χ1n) is 5.43. The van der Waals surface area contributed by atoms with Crippen LogP contribution in [0.5, 0.6) is 0 Å². The highest BCUT2D eigenvalue weighted by atomic mass is 35.5. The highest BCUT2D eigenvalue weighted by Gasteiger charge is 2.21. The predicted molar refractivity (Wildman–Crippen MR) is 76.7 cm³/mol. The first-order valence-corrected chi connectivity index (χ1v) is 5.81. The van der Waals surface area contributed by atoms with E-state index < -0.39 is 17.9 Å². The number of nitrogens with one attached hydrogen (secondary N) is 1. The van der Waals surface area contributed by atoms with Crippen LogP contribution >= 0.6 is 24.0 Å². The number of hydrogen-bond donors (Lipinski definition) is 2. The SMILES string of the molecule is CCC(NC(=O)c1ccc(N)cc1Cl)C(=O)OC.Cl. The Morgan fingerprint density at radius 2 is 2.11 bits per heavy atom. The average molecular weight is 307 g/mol. The lowest BCUT2D eigenvalue weighted by Gasteiger charge is -2.15. The molecular formula is C12H16Cl2N2O3. The lowest BCUT2D eigenvalue weighted by Crippen LogP contribution is -2.41. The maximum absolute atomic E-state index is 11.9. The van der Waals surface area contributed by atoms with Crippen molar-refractivity contribution in [3.63, 3.8) is 0 Å². The van der Waals surface area contributed by atoms with E-state index in [1.807, 2.05) is 0 Å². The molecule has 1 amide bonds. The van der Waals surface area contributed by atoms with E-state index in [-0.39, 0.29) is 23.0 Å². The van der Waals surface area contributed by atoms with Gasteiger partial charge in [0.05, 0.1) is 17.7 Å². The number of methoxy groups -OCH3 is 1. The van der Waals surface area contributed by atoms with Gasteiger partial charge in [-0.05, 0) is 24.6 Å². The predicted octanol–water partition coefficient (Wildman–Crippen LogP) is 2.03. The Labute approximate surface area is 122 Å². The number of benzene rings is 1. The summed E-state index contributed by atoms with van der Waals surface area (Å²) in [5.41, 5.74) is 6.28. The van der Waals surface area contributed by atoms with Gasteiger partial charge in [0, 0.05) is 5.69 Å². The third-order valence-corrected chi connectivity index (χ3v) is 2.75. The summed E-state index contributed by atoms with van der Waals surface area (Å²) < 4.78 is 4.58. The summed E-state index contributed by atoms with van der Waals surface area (Å²) in [5.74, 6) is -0.922. The molecule has 0 aromatic heterocycles. The van der Waals surface area contributed by atoms with Crippen LogP contribution < -0.4 is 11.1 Å². The van der Waals surface area contributed by atoms with Crippen LogP contribution in [0.15, 0.2) is 18.2 Å². The van der Waals surface area contributed by atoms with Gasteiger partial charge in [0.15, 0.2) is 0 Å². The molecule has 0 aliphatic rings. The Bertz CT molecular complexity index is 466. The largest absolute Gasteiger partial charge is 0.467 e. The number of hydrogen-bond acceptors (Lipinski definition) is 4. The van der Waals surface area contributed by atoms with Crippen molar-refractivity contribution in [1.29, 1.82) is 0 Å². The molecule has 0 heterocycles. The molecule has 19 heavy (non-hydrogen) atoms. The third-order valence-electron chi connectivity index (χ3n) is 2.44. The van der Waals surface area contributed by atoms with Crippen LogP contribution in [0.25, 0.3) is 0 Å². The molecule has 1 aromatic carbocycles. The molecule has 1 rings (SSSR count). The second-order valence-electron chi connectivity index (χ2n) is 3.70. The lowest BCUT2D eigenvalue weighted by atomic mass is 10.1. The molecule has 1 aromatic rings. The van der Waals surface area contributed by atoms with Gasteiger partial charge < -0.3 is 15.8 Å². The minimum atomic E-state index is -0.684. The molecular weight excluding hydrogens is 291 g/mol. The van der Waals surface area contributed by atoms with Crippen LogP contribution in [-0.4, -0.2) is 25.0 Å². The van der Waals surface area contributed by atoms with Gasteiger partial charge in [-0.3, -0.25) is 4.79 Å². The molecule has 0 radical (unpaired) electrons. The molecule has 0 aliphatic heterocycles. The van der Waals surface area contributed by atoms with Crippen molar-refractivity contribution >= 4 is 41.6 Å². The summed E-state index contributed by atoms with van der Waals surface area (Å²) in [5, 5.41) is 2.80. The van der Waals surface area contributed by atoms with Crippen molar-refractivity contribution in [2.45, 2.75) is 19.4 Å². The van der Waals surface area contributed by atoms with Gasteiger partial charge in [-0.15, -0.1) is 12.4 Å². The van der Waals surface area contributed by atoms with Gasteiger partial charge in [0.2, 0.25) is 0 Å². The number of nitrogens with two attached hydrogens (primary N) is 1. The molecule has 1 unspecified atom stereocenters. The highest BCUT2D eigenvalue weighted by molar-refractivity contribution is 6.34. The van der Waals surface area contributed by atoms with E-state index in [0.717, 1.165) is 0 Å². The summed E-state index contributed by atoms with van der Waals surface area (Å²) in [6.07, 6.45) is 0.436. The Morgan fingerprint density at radius 1 is 1.47 bits per heavy atom. The van der Waals surface area contributed by atoms with E-state index in [9.17, 15) is 9.59 Å². The van der Waals surface area contributed by atoms with Crippen LogP contribution in [0.4, 0.5) is 5.69 Å². The molecule has 0 bridgehead atoms. The second-order valence-corrected chi connectivity index (χ2v) is 4.10. The van der Waals surface area contributed by atoms with Gasteiger partial charge in [0.1, 0.15) is 6.04 Å². The minimum absolute atomic E-state index is 0. The summed E-state index contributed by atoms with van der Waals surface area (Å²) in [4.78, 5) is 23.3. The quantitative estimate of drug-likeness (QED) is 0.659. The molecule has 0 saturated heterocycles. The maximum Gasteiger partial charge on any atom is 0.328 e. The molecule has 3 N–H and O–H groups in total. The number of ether oxygens (including phenoxy) is 1. The van der Waals surface area contributed by atoms with Crippen LogP contribution in [0.1, 0.15) is 23.7 Å². The molecule has 106 valence electrons. The first-order chi connectivity index (χ1) is 8.49. The molecule has 5 nitrogen and oxygen atoms in total. The fourth-order valence-electron chi connectivity index (χ4n) is 1.42. The van der Waals surface area contributed by atoms with Crippen LogP contribution in [0, 0.1) is 0 Å². The monoisotopic (exact) mass is 306 g/mol. The molecule has 0 fully saturated rings. The van der Waals surface area contributed by atoms with Crippen LogP contribution in [0.3, 0.4) is 0 Å². The van der Waals surface area contributed by atoms with Crippen molar-refractivity contribution in [3.05, 3.63) is 28.8 Å². The Kier molecular flexibility index (Phi) is 7.26. The summed E-state index contributed by atoms with van der Waals surface area (Å²) in [7, 11) is 1.27. The summed E-state index contributed by atoms with van der Waals surface area (Å²) >= 11 is 5.91. The zero-order valence-electron chi connectivity index (χ0n) is 10.6. The highest BCUT2D eigenvalue weighted by Crippen LogP contribution is 2.19. The van der Waals surface area contributed by atoms with Crippen LogP contribution in [-0.2, 0) is 9.53 Å². The number of carbonyl (C=O) groups is 2. The summed E-state index contributed by atoms with van der Waals surface area (Å²) in [6, 6.07) is 3.88. The molecule has 1 atom stereocenters. The zero-order valence-corrected chi connectivity index (χ0v) is 12.2. The topological polar surface area (TPSA) is 81.4 Å². The van der Waals surface area contributed by atoms with Gasteiger partial charge in [-0.1, -0.05) is 18.5 Å². The molecule has 7 heteroatoms. The fourth-order valence-corrected chi connectivity index (χ4v) is 1.70. The molecule has 0 saturated carbocycles. The standard InChI is InChI=1S/C12H15ClN2O3.ClH/c1-3-10(12(17)18-2)15-11(16)8-5-4-7(14)6-9(8)13;/h4-6,10H,3,14H2,1-2H3,(H,15,16);1H. The number of halogens is 2. The fraction of sp³-hybridized carbons (Fsp3) is 0.333. The second kappa shape index (κ2) is 7.86. The number of carbonyl (C=O) groups excluding carboxylic acids is 2. The summed E-state index contributed by atoms with van der Waals surface area (Å²) in [6.45, 7) is 1.77. The third kappa shape index (κ3) is 4.61. The van der Waals surface area contributed by atoms with Crippen LogP contribution in [0.2, 0.25) is 5.02 Å². The normalized spacial score (nSPS) is 11.1. The van der Waals surface area contributed by atoms with Crippen molar-refractivity contribution < 1.29 is 14.3 Å². The van der Waals surface area contributed by atoms with Gasteiger partial charge in [-0.25, -0.2) is 4.79 Å². The molecule has 0 aliphatic carbocycles. The Morgan fingerprint density at radius 3 is 2.58 bits per heavy atom. The number of amides is 1. The van der Waals surface area contributed by atoms with Crippen molar-refractivity contribution in [1.82, 2.24) is 5.32 Å². The van der Waals surface area contributed by atoms with Crippen molar-refractivity contribution in [3.8, 4) is 0 Å². The van der Waals surface area contributed by atoms with E-state index in [0.29, 0.717) is 12.1 Å². The van der Waals surface area contributed by atoms with E-state index in [2.05, 4.69) is 10.1 Å². The number of esters is 1. The van der Waals surface area contributed by atoms with E-state index >= 15 is 0 Å². The average Bonchev–Trinajstić information content (AvgIpc) is 2.34. The van der Waals surface area contributed by atoms with Gasteiger partial charge in [0.25, 0.3) is 5.91 Å².